The molecule has 1 aliphatic carbocycles. The van der Waals surface area contributed by atoms with Gasteiger partial charge in [0.2, 0.25) is 0 Å². The predicted octanol–water partition coefficient (Wildman–Crippen LogP) is 2.39. The lowest BCUT2D eigenvalue weighted by Gasteiger charge is -2.08. The Labute approximate surface area is 127 Å². The molecule has 0 bridgehead atoms. The molecular formula is C17H16O5. The van der Waals surface area contributed by atoms with Crippen LogP contribution < -0.4 is 10.4 Å². The van der Waals surface area contributed by atoms with Crippen LogP contribution in [0.5, 0.6) is 5.75 Å². The van der Waals surface area contributed by atoms with Gasteiger partial charge in [-0.25, -0.2) is 9.59 Å². The maximum atomic E-state index is 11.9. The first kappa shape index (κ1) is 14.4. The Hall–Kier alpha value is -2.56. The van der Waals surface area contributed by atoms with Gasteiger partial charge in [0, 0.05) is 17.0 Å². The maximum absolute atomic E-state index is 11.9. The van der Waals surface area contributed by atoms with Crippen molar-refractivity contribution < 1.29 is 18.7 Å². The largest absolute Gasteiger partial charge is 0.482 e. The molecule has 0 amide bonds. The number of ether oxygens (including phenoxy) is 2. The molecule has 0 spiro atoms. The van der Waals surface area contributed by atoms with Gasteiger partial charge in [0.05, 0.1) is 0 Å². The van der Waals surface area contributed by atoms with E-state index < -0.39 is 5.97 Å². The topological polar surface area (TPSA) is 65.7 Å². The molecule has 2 aromatic rings. The molecule has 0 atom stereocenters. The first-order valence-electron chi connectivity index (χ1n) is 7.17. The molecule has 0 aliphatic heterocycles. The quantitative estimate of drug-likeness (QED) is 0.482. The summed E-state index contributed by atoms with van der Waals surface area (Å²) >= 11 is 0. The lowest BCUT2D eigenvalue weighted by atomic mass is 10.1. The van der Waals surface area contributed by atoms with Gasteiger partial charge in [0.25, 0.3) is 0 Å². The summed E-state index contributed by atoms with van der Waals surface area (Å²) in [4.78, 5) is 23.3. The van der Waals surface area contributed by atoms with Crippen molar-refractivity contribution in [3.63, 3.8) is 0 Å². The molecule has 0 unspecified atom stereocenters. The van der Waals surface area contributed by atoms with E-state index in [4.69, 9.17) is 13.9 Å². The van der Waals surface area contributed by atoms with E-state index in [-0.39, 0.29) is 18.8 Å². The second-order valence-corrected chi connectivity index (χ2v) is 5.12. The van der Waals surface area contributed by atoms with Gasteiger partial charge in [-0.05, 0) is 37.0 Å². The van der Waals surface area contributed by atoms with E-state index >= 15 is 0 Å². The van der Waals surface area contributed by atoms with E-state index in [0.29, 0.717) is 11.3 Å². The van der Waals surface area contributed by atoms with Crippen LogP contribution in [0.4, 0.5) is 0 Å². The molecule has 5 nitrogen and oxygen atoms in total. The lowest BCUT2D eigenvalue weighted by Crippen LogP contribution is -2.14. The van der Waals surface area contributed by atoms with Crippen LogP contribution in [0.3, 0.4) is 0 Å². The summed E-state index contributed by atoms with van der Waals surface area (Å²) in [5.41, 5.74) is 2.07. The number of aryl methyl sites for hydroxylation is 1. The highest BCUT2D eigenvalue weighted by Gasteiger charge is 2.19. The van der Waals surface area contributed by atoms with Crippen molar-refractivity contribution in [3.8, 4) is 5.75 Å². The molecule has 3 rings (SSSR count). The van der Waals surface area contributed by atoms with Gasteiger partial charge >= 0.3 is 11.6 Å². The Balaban J connectivity index is 1.82. The van der Waals surface area contributed by atoms with Crippen molar-refractivity contribution in [2.75, 3.05) is 13.2 Å². The molecule has 114 valence electrons. The fourth-order valence-electron chi connectivity index (χ4n) is 2.69. The predicted molar refractivity (Wildman–Crippen MR) is 81.2 cm³/mol. The molecule has 1 aromatic carbocycles. The zero-order valence-corrected chi connectivity index (χ0v) is 12.1. The number of carbonyl (C=O) groups is 1. The van der Waals surface area contributed by atoms with E-state index in [1.54, 1.807) is 12.1 Å². The van der Waals surface area contributed by atoms with Crippen molar-refractivity contribution in [3.05, 3.63) is 52.4 Å². The molecule has 0 radical (unpaired) electrons. The summed E-state index contributed by atoms with van der Waals surface area (Å²) < 4.78 is 15.5. The van der Waals surface area contributed by atoms with Crippen LogP contribution in [0.25, 0.3) is 11.0 Å². The highest BCUT2D eigenvalue weighted by molar-refractivity contribution is 5.83. The number of benzene rings is 1. The highest BCUT2D eigenvalue weighted by Crippen LogP contribution is 2.29. The molecule has 1 heterocycles. The monoisotopic (exact) mass is 300 g/mol. The standard InChI is InChI=1S/C17H16O5/c1-2-8-20-16(18)10-21-11-6-7-13-12-4-3-5-14(12)17(19)22-15(13)9-11/h2,6-7,9H,1,3-5,8,10H2. The number of carbonyl (C=O) groups excluding carboxylic acids is 1. The number of esters is 1. The third-order valence-electron chi connectivity index (χ3n) is 3.66. The van der Waals surface area contributed by atoms with Crippen LogP contribution in [0.1, 0.15) is 17.5 Å². The van der Waals surface area contributed by atoms with Gasteiger partial charge < -0.3 is 13.9 Å². The van der Waals surface area contributed by atoms with E-state index in [0.717, 1.165) is 35.8 Å². The number of rotatable bonds is 5. The average molecular weight is 300 g/mol. The van der Waals surface area contributed by atoms with E-state index in [9.17, 15) is 9.59 Å². The minimum Gasteiger partial charge on any atom is -0.482 e. The maximum Gasteiger partial charge on any atom is 0.344 e. The molecule has 1 aliphatic rings. The van der Waals surface area contributed by atoms with Crippen LogP contribution >= 0.6 is 0 Å². The minimum absolute atomic E-state index is 0.154. The molecule has 22 heavy (non-hydrogen) atoms. The number of hydrogen-bond acceptors (Lipinski definition) is 5. The van der Waals surface area contributed by atoms with Crippen LogP contribution in [0, 0.1) is 0 Å². The number of hydrogen-bond donors (Lipinski definition) is 0. The van der Waals surface area contributed by atoms with Crippen molar-refractivity contribution >= 4 is 16.9 Å². The third kappa shape index (κ3) is 2.74. The van der Waals surface area contributed by atoms with Crippen molar-refractivity contribution in [1.29, 1.82) is 0 Å². The highest BCUT2D eigenvalue weighted by atomic mass is 16.6. The zero-order valence-electron chi connectivity index (χ0n) is 12.1. The zero-order chi connectivity index (χ0) is 15.5. The number of fused-ring (bicyclic) bond motifs is 3. The molecular weight excluding hydrogens is 284 g/mol. The van der Waals surface area contributed by atoms with Crippen LogP contribution in [-0.2, 0) is 22.4 Å². The van der Waals surface area contributed by atoms with Crippen molar-refractivity contribution in [2.24, 2.45) is 0 Å². The lowest BCUT2D eigenvalue weighted by molar-refractivity contribution is -0.144. The molecule has 0 fully saturated rings. The average Bonchev–Trinajstić information content (AvgIpc) is 3.01. The second-order valence-electron chi connectivity index (χ2n) is 5.12. The van der Waals surface area contributed by atoms with Crippen LogP contribution in [-0.4, -0.2) is 19.2 Å². The first-order chi connectivity index (χ1) is 10.7. The third-order valence-corrected chi connectivity index (χ3v) is 3.66. The van der Waals surface area contributed by atoms with Gasteiger partial charge in [-0.1, -0.05) is 12.7 Å². The summed E-state index contributed by atoms with van der Waals surface area (Å²) in [7, 11) is 0. The molecule has 5 heteroatoms. The summed E-state index contributed by atoms with van der Waals surface area (Å²) in [6, 6.07) is 5.27. The smallest absolute Gasteiger partial charge is 0.344 e. The fraction of sp³-hybridized carbons (Fsp3) is 0.294. The Morgan fingerprint density at radius 3 is 2.95 bits per heavy atom. The summed E-state index contributed by atoms with van der Waals surface area (Å²) in [6.45, 7) is 3.42. The van der Waals surface area contributed by atoms with Gasteiger partial charge in [-0.3, -0.25) is 0 Å². The SMILES string of the molecule is C=CCOC(=O)COc1ccc2c3c(c(=O)oc2c1)CCC3. The van der Waals surface area contributed by atoms with E-state index in [1.807, 2.05) is 6.07 Å². The van der Waals surface area contributed by atoms with Gasteiger partial charge in [0.15, 0.2) is 6.61 Å². The van der Waals surface area contributed by atoms with Gasteiger partial charge in [-0.2, -0.15) is 0 Å². The Morgan fingerprint density at radius 1 is 1.32 bits per heavy atom. The van der Waals surface area contributed by atoms with Gasteiger partial charge in [-0.15, -0.1) is 0 Å². The van der Waals surface area contributed by atoms with Crippen LogP contribution in [0.15, 0.2) is 40.1 Å². The summed E-state index contributed by atoms with van der Waals surface area (Å²) in [6.07, 6.45) is 4.14. The fourth-order valence-corrected chi connectivity index (χ4v) is 2.69. The van der Waals surface area contributed by atoms with E-state index in [1.165, 1.54) is 6.08 Å². The Bertz CT molecular complexity index is 787. The van der Waals surface area contributed by atoms with E-state index in [2.05, 4.69) is 6.58 Å². The molecule has 1 aromatic heterocycles. The summed E-state index contributed by atoms with van der Waals surface area (Å²) in [5.74, 6) is -0.0143. The molecule has 0 saturated heterocycles. The van der Waals surface area contributed by atoms with Crippen molar-refractivity contribution in [2.45, 2.75) is 19.3 Å². The van der Waals surface area contributed by atoms with Crippen LogP contribution in [0.2, 0.25) is 0 Å². The summed E-state index contributed by atoms with van der Waals surface area (Å²) in [5, 5.41) is 0.939. The van der Waals surface area contributed by atoms with Crippen molar-refractivity contribution in [1.82, 2.24) is 0 Å². The van der Waals surface area contributed by atoms with Gasteiger partial charge in [0.1, 0.15) is 17.9 Å². The molecule has 0 saturated carbocycles. The Kier molecular flexibility index (Phi) is 3.96. The minimum atomic E-state index is -0.476. The molecule has 0 N–H and O–H groups in total. The Morgan fingerprint density at radius 2 is 2.14 bits per heavy atom. The normalized spacial score (nSPS) is 12.9. The second kappa shape index (κ2) is 6.05. The first-order valence-corrected chi connectivity index (χ1v) is 7.17.